The Labute approximate surface area is 123 Å². The molecular weight excluding hydrogens is 264 g/mol. The average Bonchev–Trinajstić information content (AvgIpc) is 2.65. The highest BCUT2D eigenvalue weighted by Gasteiger charge is 2.48. The maximum absolute atomic E-state index is 12.1. The van der Waals surface area contributed by atoms with Crippen LogP contribution in [0, 0.1) is 0 Å². The average molecular weight is 282 g/mol. The number of carbonyl (C=O) groups is 2. The zero-order chi connectivity index (χ0) is 15.3. The lowest BCUT2D eigenvalue weighted by Gasteiger charge is -2.33. The lowest BCUT2D eigenvalue weighted by Crippen LogP contribution is -2.38. The Bertz CT molecular complexity index is 700. The highest BCUT2D eigenvalue weighted by atomic mass is 16.1. The van der Waals surface area contributed by atoms with Gasteiger partial charge in [0.25, 0.3) is 0 Å². The quantitative estimate of drug-likeness (QED) is 0.903. The second-order valence-electron chi connectivity index (χ2n) is 6.41. The number of hydrogen-bond acceptors (Lipinski definition) is 3. The Hall–Kier alpha value is -2.23. The number of nitrogens with zero attached hydrogens (tertiary/aromatic N) is 1. The summed E-state index contributed by atoms with van der Waals surface area (Å²) in [7, 11) is 0. The van der Waals surface area contributed by atoms with Crippen molar-refractivity contribution in [2.75, 3.05) is 0 Å². The summed E-state index contributed by atoms with van der Waals surface area (Å²) < 4.78 is 0. The number of nitrogens with two attached hydrogens (primary N) is 1. The Kier molecular flexibility index (Phi) is 2.87. The van der Waals surface area contributed by atoms with Crippen LogP contribution in [0.1, 0.15) is 42.6 Å². The number of primary amides is 1. The number of rotatable bonds is 2. The SMILES string of the molecule is CC1(C)C[C@@]2(C=CC(=O)c3ccccc32)C(CC(N)=O)=N1. The molecule has 4 heteroatoms. The van der Waals surface area contributed by atoms with Crippen molar-refractivity contribution in [1.82, 2.24) is 0 Å². The molecule has 0 unspecified atom stereocenters. The van der Waals surface area contributed by atoms with Crippen LogP contribution < -0.4 is 5.73 Å². The molecule has 2 N–H and O–H groups in total. The first-order valence-corrected chi connectivity index (χ1v) is 7.05. The van der Waals surface area contributed by atoms with Crippen LogP contribution >= 0.6 is 0 Å². The zero-order valence-electron chi connectivity index (χ0n) is 12.2. The van der Waals surface area contributed by atoms with Gasteiger partial charge in [-0.05, 0) is 31.9 Å². The smallest absolute Gasteiger partial charge is 0.223 e. The molecule has 1 aromatic carbocycles. The molecule has 1 amide bonds. The van der Waals surface area contributed by atoms with Crippen molar-refractivity contribution < 1.29 is 9.59 Å². The molecule has 108 valence electrons. The number of aliphatic imine (C=N–C) groups is 1. The van der Waals surface area contributed by atoms with E-state index in [1.807, 2.05) is 44.2 Å². The van der Waals surface area contributed by atoms with Crippen LogP contribution in [-0.2, 0) is 10.2 Å². The van der Waals surface area contributed by atoms with E-state index in [9.17, 15) is 9.59 Å². The molecule has 0 bridgehead atoms. The predicted octanol–water partition coefficient (Wildman–Crippen LogP) is 2.18. The van der Waals surface area contributed by atoms with Gasteiger partial charge in [0.2, 0.25) is 5.91 Å². The highest BCUT2D eigenvalue weighted by molar-refractivity contribution is 6.15. The Morgan fingerprint density at radius 1 is 1.33 bits per heavy atom. The van der Waals surface area contributed by atoms with Gasteiger partial charge in [-0.1, -0.05) is 30.3 Å². The van der Waals surface area contributed by atoms with Gasteiger partial charge in [0.15, 0.2) is 5.78 Å². The largest absolute Gasteiger partial charge is 0.369 e. The van der Waals surface area contributed by atoms with Crippen molar-refractivity contribution in [3.05, 3.63) is 47.5 Å². The number of amides is 1. The topological polar surface area (TPSA) is 72.5 Å². The van der Waals surface area contributed by atoms with E-state index >= 15 is 0 Å². The van der Waals surface area contributed by atoms with E-state index in [1.54, 1.807) is 6.08 Å². The van der Waals surface area contributed by atoms with Gasteiger partial charge in [-0.3, -0.25) is 14.6 Å². The number of fused-ring (bicyclic) bond motifs is 2. The molecule has 21 heavy (non-hydrogen) atoms. The summed E-state index contributed by atoms with van der Waals surface area (Å²) >= 11 is 0. The lowest BCUT2D eigenvalue weighted by atomic mass is 9.67. The maximum Gasteiger partial charge on any atom is 0.223 e. The van der Waals surface area contributed by atoms with E-state index in [0.717, 1.165) is 17.7 Å². The normalized spacial score (nSPS) is 25.8. The molecule has 3 rings (SSSR count). The molecule has 1 atom stereocenters. The molecule has 1 heterocycles. The Morgan fingerprint density at radius 3 is 2.76 bits per heavy atom. The van der Waals surface area contributed by atoms with Gasteiger partial charge < -0.3 is 5.73 Å². The molecule has 1 aromatic rings. The second kappa shape index (κ2) is 4.38. The molecule has 0 aromatic heterocycles. The first-order chi connectivity index (χ1) is 9.84. The minimum absolute atomic E-state index is 0.000596. The van der Waals surface area contributed by atoms with Gasteiger partial charge in [0, 0.05) is 11.3 Å². The van der Waals surface area contributed by atoms with Gasteiger partial charge in [-0.25, -0.2) is 0 Å². The van der Waals surface area contributed by atoms with Gasteiger partial charge in [0.1, 0.15) is 0 Å². The molecule has 2 aliphatic rings. The molecule has 0 saturated carbocycles. The number of benzene rings is 1. The van der Waals surface area contributed by atoms with Crippen LogP contribution in [0.5, 0.6) is 0 Å². The van der Waals surface area contributed by atoms with Gasteiger partial charge in [0.05, 0.1) is 17.4 Å². The van der Waals surface area contributed by atoms with E-state index in [0.29, 0.717) is 5.56 Å². The van der Waals surface area contributed by atoms with E-state index in [2.05, 4.69) is 0 Å². The molecule has 0 fully saturated rings. The summed E-state index contributed by atoms with van der Waals surface area (Å²) in [6.45, 7) is 4.07. The lowest BCUT2D eigenvalue weighted by molar-refractivity contribution is -0.116. The van der Waals surface area contributed by atoms with Gasteiger partial charge >= 0.3 is 0 Å². The second-order valence-corrected chi connectivity index (χ2v) is 6.41. The number of ketones is 1. The van der Waals surface area contributed by atoms with E-state index < -0.39 is 11.3 Å². The first-order valence-electron chi connectivity index (χ1n) is 7.05. The third kappa shape index (κ3) is 2.11. The molecular formula is C17H18N2O2. The van der Waals surface area contributed by atoms with Crippen molar-refractivity contribution >= 4 is 17.4 Å². The third-order valence-corrected chi connectivity index (χ3v) is 4.20. The monoisotopic (exact) mass is 282 g/mol. The summed E-state index contributed by atoms with van der Waals surface area (Å²) in [6.07, 6.45) is 4.36. The van der Waals surface area contributed by atoms with Crippen LogP contribution in [0.2, 0.25) is 0 Å². The third-order valence-electron chi connectivity index (χ3n) is 4.20. The molecule has 1 spiro atoms. The molecule has 0 radical (unpaired) electrons. The number of hydrogen-bond donors (Lipinski definition) is 1. The van der Waals surface area contributed by atoms with Crippen molar-refractivity contribution in [2.45, 2.75) is 37.6 Å². The standard InChI is InChI=1S/C17H18N2O2/c1-16(2)10-17(14(19-16)9-15(18)21)8-7-13(20)11-5-3-4-6-12(11)17/h3-8H,9-10H2,1-2H3,(H2,18,21)/t17-/m1/s1. The first kappa shape index (κ1) is 13.7. The van der Waals surface area contributed by atoms with Crippen LogP contribution in [0.3, 0.4) is 0 Å². The van der Waals surface area contributed by atoms with Crippen molar-refractivity contribution in [3.8, 4) is 0 Å². The van der Waals surface area contributed by atoms with Crippen LogP contribution in [0.25, 0.3) is 0 Å². The van der Waals surface area contributed by atoms with Gasteiger partial charge in [-0.15, -0.1) is 0 Å². The molecule has 4 nitrogen and oxygen atoms in total. The van der Waals surface area contributed by atoms with E-state index in [-0.39, 0.29) is 17.7 Å². The predicted molar refractivity (Wildman–Crippen MR) is 81.5 cm³/mol. The zero-order valence-corrected chi connectivity index (χ0v) is 12.2. The van der Waals surface area contributed by atoms with Crippen LogP contribution in [0.4, 0.5) is 0 Å². The molecule has 1 aliphatic heterocycles. The van der Waals surface area contributed by atoms with Crippen LogP contribution in [-0.4, -0.2) is 22.9 Å². The van der Waals surface area contributed by atoms with Crippen molar-refractivity contribution in [3.63, 3.8) is 0 Å². The molecule has 0 saturated heterocycles. The number of allylic oxidation sites excluding steroid dienone is 2. The van der Waals surface area contributed by atoms with Crippen molar-refractivity contribution in [2.24, 2.45) is 10.7 Å². The summed E-state index contributed by atoms with van der Waals surface area (Å²) in [6, 6.07) is 7.56. The number of carbonyl (C=O) groups excluding carboxylic acids is 2. The van der Waals surface area contributed by atoms with Gasteiger partial charge in [-0.2, -0.15) is 0 Å². The van der Waals surface area contributed by atoms with Crippen molar-refractivity contribution in [1.29, 1.82) is 0 Å². The van der Waals surface area contributed by atoms with Crippen LogP contribution in [0.15, 0.2) is 41.4 Å². The Balaban J connectivity index is 2.20. The minimum Gasteiger partial charge on any atom is -0.369 e. The van der Waals surface area contributed by atoms with E-state index in [1.165, 1.54) is 0 Å². The fourth-order valence-corrected chi connectivity index (χ4v) is 3.54. The Morgan fingerprint density at radius 2 is 2.05 bits per heavy atom. The maximum atomic E-state index is 12.1. The fraction of sp³-hybridized carbons (Fsp3) is 0.353. The fourth-order valence-electron chi connectivity index (χ4n) is 3.54. The summed E-state index contributed by atoms with van der Waals surface area (Å²) in [5.74, 6) is -0.395. The van der Waals surface area contributed by atoms with E-state index in [4.69, 9.17) is 10.7 Å². The highest BCUT2D eigenvalue weighted by Crippen LogP contribution is 2.47. The summed E-state index contributed by atoms with van der Waals surface area (Å²) in [5.41, 5.74) is 7.01. The molecule has 1 aliphatic carbocycles. The summed E-state index contributed by atoms with van der Waals surface area (Å²) in [5, 5.41) is 0. The summed E-state index contributed by atoms with van der Waals surface area (Å²) in [4.78, 5) is 28.2. The minimum atomic E-state index is -0.483.